The van der Waals surface area contributed by atoms with Crippen LogP contribution in [0.4, 0.5) is 0 Å². The summed E-state index contributed by atoms with van der Waals surface area (Å²) in [4.78, 5) is 0.334. The van der Waals surface area contributed by atoms with Crippen LogP contribution < -0.4 is 0 Å². The molecule has 0 aliphatic rings. The topological polar surface area (TPSA) is 52.6 Å². The van der Waals surface area contributed by atoms with Crippen LogP contribution in [0, 0.1) is 0 Å². The van der Waals surface area contributed by atoms with E-state index < -0.39 is 10.1 Å². The predicted octanol–water partition coefficient (Wildman–Crippen LogP) is 4.80. The van der Waals surface area contributed by atoms with Crippen molar-refractivity contribution >= 4 is 10.1 Å². The third kappa shape index (κ3) is 5.04. The molecule has 0 aliphatic heterocycles. The van der Waals surface area contributed by atoms with E-state index in [0.29, 0.717) is 10.8 Å². The molecule has 138 valence electrons. The Bertz CT molecular complexity index is 616. The second-order valence-corrected chi connectivity index (χ2v) is 8.83. The van der Waals surface area contributed by atoms with Gasteiger partial charge in [-0.1, -0.05) is 53.7 Å². The molecule has 1 aromatic carbocycles. The van der Waals surface area contributed by atoms with Crippen molar-refractivity contribution < 1.29 is 17.3 Å². The van der Waals surface area contributed by atoms with Crippen LogP contribution in [-0.2, 0) is 19.0 Å². The van der Waals surface area contributed by atoms with E-state index in [1.807, 2.05) is 39.8 Å². The maximum Gasteiger partial charge on any atom is 0.297 e. The van der Waals surface area contributed by atoms with Crippen LogP contribution in [0.15, 0.2) is 17.0 Å². The molecule has 0 aliphatic carbocycles. The monoisotopic (exact) mass is 356 g/mol. The van der Waals surface area contributed by atoms with E-state index in [2.05, 4.69) is 13.8 Å². The first-order chi connectivity index (χ1) is 11.0. The number of benzene rings is 1. The van der Waals surface area contributed by atoms with Gasteiger partial charge >= 0.3 is 0 Å². The molecule has 0 fully saturated rings. The summed E-state index contributed by atoms with van der Waals surface area (Å²) in [6.07, 6.45) is -0.278. The van der Waals surface area contributed by atoms with Crippen LogP contribution in [0.2, 0.25) is 0 Å². The summed E-state index contributed by atoms with van der Waals surface area (Å²) in [5.74, 6) is 0.523. The average molecular weight is 357 g/mol. The van der Waals surface area contributed by atoms with Crippen LogP contribution in [0.1, 0.15) is 82.9 Å². The summed E-state index contributed by atoms with van der Waals surface area (Å²) >= 11 is 0. The summed E-state index contributed by atoms with van der Waals surface area (Å²) in [5.41, 5.74) is 2.82. The summed E-state index contributed by atoms with van der Waals surface area (Å²) in [6.45, 7) is 14.1. The van der Waals surface area contributed by atoms with Gasteiger partial charge < -0.3 is 4.74 Å². The molecule has 0 spiro atoms. The van der Waals surface area contributed by atoms with E-state index in [1.54, 1.807) is 6.92 Å². The predicted molar refractivity (Wildman–Crippen MR) is 98.3 cm³/mol. The maximum atomic E-state index is 12.9. The molecule has 0 aromatic heterocycles. The molecule has 0 saturated carbocycles. The van der Waals surface area contributed by atoms with Crippen molar-refractivity contribution in [2.24, 2.45) is 0 Å². The second-order valence-electron chi connectivity index (χ2n) is 7.28. The summed E-state index contributed by atoms with van der Waals surface area (Å²) in [7, 11) is -2.30. The van der Waals surface area contributed by atoms with Crippen LogP contribution in [0.5, 0.6) is 0 Å². The molecule has 0 radical (unpaired) electrons. The van der Waals surface area contributed by atoms with Gasteiger partial charge in [0, 0.05) is 7.11 Å². The molecule has 0 saturated heterocycles. The Morgan fingerprint density at radius 3 is 1.67 bits per heavy atom. The minimum absolute atomic E-state index is 0.0137. The molecule has 24 heavy (non-hydrogen) atoms. The molecule has 5 heteroatoms. The Labute approximate surface area is 147 Å². The molecule has 1 aromatic rings. The largest absolute Gasteiger partial charge is 0.379 e. The highest BCUT2D eigenvalue weighted by Gasteiger charge is 2.28. The van der Waals surface area contributed by atoms with E-state index in [9.17, 15) is 8.42 Å². The number of ether oxygens (including phenoxy) is 1. The van der Waals surface area contributed by atoms with Gasteiger partial charge in [0.15, 0.2) is 0 Å². The standard InChI is InChI=1S/C19H32O4S/c1-12(2)16-9-17(13(3)4)19(18(10-16)14(5)6)24(20,21)23-11-15(7)22-8/h9-10,12-15H,11H2,1-8H3. The molecule has 1 rings (SSSR count). The van der Waals surface area contributed by atoms with Crippen molar-refractivity contribution in [2.75, 3.05) is 13.7 Å². The van der Waals surface area contributed by atoms with Gasteiger partial charge in [0.2, 0.25) is 0 Å². The summed E-state index contributed by atoms with van der Waals surface area (Å²) in [5, 5.41) is 0. The lowest BCUT2D eigenvalue weighted by Gasteiger charge is -2.22. The van der Waals surface area contributed by atoms with Crippen molar-refractivity contribution in [3.8, 4) is 0 Å². The van der Waals surface area contributed by atoms with Gasteiger partial charge in [0.25, 0.3) is 10.1 Å². The molecule has 0 bridgehead atoms. The molecule has 0 N–H and O–H groups in total. The van der Waals surface area contributed by atoms with Crippen molar-refractivity contribution in [3.05, 3.63) is 28.8 Å². The van der Waals surface area contributed by atoms with E-state index in [-0.39, 0.29) is 24.5 Å². The fraction of sp³-hybridized carbons (Fsp3) is 0.684. The first-order valence-electron chi connectivity index (χ1n) is 8.61. The lowest BCUT2D eigenvalue weighted by Crippen LogP contribution is -2.20. The van der Waals surface area contributed by atoms with Gasteiger partial charge in [-0.15, -0.1) is 0 Å². The van der Waals surface area contributed by atoms with Gasteiger partial charge in [0.1, 0.15) is 4.90 Å². The average Bonchev–Trinajstić information content (AvgIpc) is 2.50. The lowest BCUT2D eigenvalue weighted by molar-refractivity contribution is 0.0739. The lowest BCUT2D eigenvalue weighted by atomic mass is 9.89. The highest BCUT2D eigenvalue weighted by atomic mass is 32.2. The molecule has 1 atom stereocenters. The van der Waals surface area contributed by atoms with Crippen LogP contribution in [-0.4, -0.2) is 28.2 Å². The molecule has 0 amide bonds. The zero-order valence-corrected chi connectivity index (χ0v) is 17.0. The smallest absolute Gasteiger partial charge is 0.297 e. The molecular weight excluding hydrogens is 324 g/mol. The molecule has 1 unspecified atom stereocenters. The minimum Gasteiger partial charge on any atom is -0.379 e. The molecule has 4 nitrogen and oxygen atoms in total. The van der Waals surface area contributed by atoms with Crippen molar-refractivity contribution in [3.63, 3.8) is 0 Å². The Morgan fingerprint density at radius 2 is 1.33 bits per heavy atom. The van der Waals surface area contributed by atoms with Crippen LogP contribution in [0.25, 0.3) is 0 Å². The van der Waals surface area contributed by atoms with Gasteiger partial charge in [-0.25, -0.2) is 0 Å². The van der Waals surface area contributed by atoms with Crippen molar-refractivity contribution in [1.82, 2.24) is 0 Å². The van der Waals surface area contributed by atoms with Crippen molar-refractivity contribution in [1.29, 1.82) is 0 Å². The van der Waals surface area contributed by atoms with Crippen LogP contribution >= 0.6 is 0 Å². The second kappa shape index (κ2) is 8.45. The SMILES string of the molecule is COC(C)COS(=O)(=O)c1c(C(C)C)cc(C(C)C)cc1C(C)C. The first kappa shape index (κ1) is 21.1. The summed E-state index contributed by atoms with van der Waals surface area (Å²) in [6, 6.07) is 4.02. The Balaban J connectivity index is 3.53. The maximum absolute atomic E-state index is 12.9. The van der Waals surface area contributed by atoms with Crippen molar-refractivity contribution in [2.45, 2.75) is 77.2 Å². The minimum atomic E-state index is -3.84. The Kier molecular flexibility index (Phi) is 7.44. The van der Waals surface area contributed by atoms with Crippen LogP contribution in [0.3, 0.4) is 0 Å². The number of rotatable bonds is 8. The fourth-order valence-electron chi connectivity index (χ4n) is 2.49. The quantitative estimate of drug-likeness (QED) is 0.628. The zero-order valence-electron chi connectivity index (χ0n) is 16.2. The highest BCUT2D eigenvalue weighted by molar-refractivity contribution is 7.86. The van der Waals surface area contributed by atoms with E-state index in [4.69, 9.17) is 8.92 Å². The third-order valence-electron chi connectivity index (χ3n) is 4.19. The normalized spacial score (nSPS) is 14.0. The highest BCUT2D eigenvalue weighted by Crippen LogP contribution is 2.35. The fourth-order valence-corrected chi connectivity index (χ4v) is 4.15. The first-order valence-corrected chi connectivity index (χ1v) is 10.0. The van der Waals surface area contributed by atoms with E-state index in [0.717, 1.165) is 16.7 Å². The Hall–Kier alpha value is -0.910. The Morgan fingerprint density at radius 1 is 0.875 bits per heavy atom. The van der Waals surface area contributed by atoms with Gasteiger partial charge in [0.05, 0.1) is 12.7 Å². The molecule has 0 heterocycles. The summed E-state index contributed by atoms with van der Waals surface area (Å²) < 4.78 is 36.2. The van der Waals surface area contributed by atoms with Gasteiger partial charge in [-0.3, -0.25) is 4.18 Å². The number of methoxy groups -OCH3 is 1. The van der Waals surface area contributed by atoms with Gasteiger partial charge in [-0.05, 0) is 41.4 Å². The third-order valence-corrected chi connectivity index (χ3v) is 5.61. The number of hydrogen-bond acceptors (Lipinski definition) is 4. The zero-order chi connectivity index (χ0) is 18.7. The molecular formula is C19H32O4S. The van der Waals surface area contributed by atoms with Gasteiger partial charge in [-0.2, -0.15) is 8.42 Å². The van der Waals surface area contributed by atoms with E-state index >= 15 is 0 Å². The van der Waals surface area contributed by atoms with E-state index in [1.165, 1.54) is 7.11 Å². The number of hydrogen-bond donors (Lipinski definition) is 0.